The highest BCUT2D eigenvalue weighted by Crippen LogP contribution is 2.21. The molecule has 1 atom stereocenters. The van der Waals surface area contributed by atoms with Crippen molar-refractivity contribution >= 4 is 11.6 Å². The number of nitrogens with two attached hydrogens (primary N) is 1. The van der Waals surface area contributed by atoms with E-state index in [0.717, 1.165) is 17.1 Å². The van der Waals surface area contributed by atoms with Crippen molar-refractivity contribution in [3.63, 3.8) is 0 Å². The molecular weight excluding hydrogens is 208 g/mol. The summed E-state index contributed by atoms with van der Waals surface area (Å²) in [6.45, 7) is 5.86. The molecular formula is C12H19ClN2. The Morgan fingerprint density at radius 3 is 2.53 bits per heavy atom. The first-order chi connectivity index (χ1) is 7.15. The molecule has 2 nitrogen and oxygen atoms in total. The van der Waals surface area contributed by atoms with E-state index in [-0.39, 0.29) is 6.04 Å². The lowest BCUT2D eigenvalue weighted by Crippen LogP contribution is -2.31. The van der Waals surface area contributed by atoms with Gasteiger partial charge < -0.3 is 11.1 Å². The van der Waals surface area contributed by atoms with Crippen LogP contribution in [0.4, 0.5) is 0 Å². The van der Waals surface area contributed by atoms with Crippen molar-refractivity contribution in [3.8, 4) is 0 Å². The van der Waals surface area contributed by atoms with Crippen LogP contribution in [0.15, 0.2) is 24.3 Å². The standard InChI is InChI=1S/C12H19ClN2/c1-9(2)8-15-12(7-14)10-5-3-4-6-11(10)13/h3-6,9,12,15H,7-8,14H2,1-2H3. The van der Waals surface area contributed by atoms with Crippen LogP contribution in [-0.2, 0) is 0 Å². The zero-order valence-corrected chi connectivity index (χ0v) is 10.1. The number of nitrogens with one attached hydrogen (secondary N) is 1. The summed E-state index contributed by atoms with van der Waals surface area (Å²) < 4.78 is 0. The maximum absolute atomic E-state index is 6.12. The van der Waals surface area contributed by atoms with Gasteiger partial charge in [0.15, 0.2) is 0 Å². The summed E-state index contributed by atoms with van der Waals surface area (Å²) in [5.74, 6) is 0.613. The van der Waals surface area contributed by atoms with Crippen LogP contribution in [-0.4, -0.2) is 13.1 Å². The van der Waals surface area contributed by atoms with Gasteiger partial charge in [-0.3, -0.25) is 0 Å². The zero-order valence-electron chi connectivity index (χ0n) is 9.33. The second-order valence-corrected chi connectivity index (χ2v) is 4.52. The minimum atomic E-state index is 0.154. The Kier molecular flexibility index (Phi) is 5.09. The fourth-order valence-corrected chi connectivity index (χ4v) is 1.72. The molecule has 0 saturated carbocycles. The van der Waals surface area contributed by atoms with Gasteiger partial charge in [-0.25, -0.2) is 0 Å². The molecule has 0 spiro atoms. The molecule has 0 heterocycles. The van der Waals surface area contributed by atoms with Crippen LogP contribution in [0.3, 0.4) is 0 Å². The van der Waals surface area contributed by atoms with Crippen LogP contribution in [0.1, 0.15) is 25.5 Å². The number of hydrogen-bond donors (Lipinski definition) is 2. The molecule has 1 unspecified atom stereocenters. The van der Waals surface area contributed by atoms with Gasteiger partial charge in [0.2, 0.25) is 0 Å². The Morgan fingerprint density at radius 2 is 2.00 bits per heavy atom. The first kappa shape index (κ1) is 12.5. The van der Waals surface area contributed by atoms with Crippen molar-refractivity contribution in [1.82, 2.24) is 5.32 Å². The fraction of sp³-hybridized carbons (Fsp3) is 0.500. The van der Waals surface area contributed by atoms with E-state index < -0.39 is 0 Å². The quantitative estimate of drug-likeness (QED) is 0.810. The van der Waals surface area contributed by atoms with Crippen molar-refractivity contribution in [2.75, 3.05) is 13.1 Å². The largest absolute Gasteiger partial charge is 0.329 e. The Bertz CT molecular complexity index is 299. The molecule has 3 N–H and O–H groups in total. The molecule has 1 aromatic rings. The Morgan fingerprint density at radius 1 is 1.33 bits per heavy atom. The average Bonchev–Trinajstić information content (AvgIpc) is 2.21. The molecule has 0 aromatic heterocycles. The van der Waals surface area contributed by atoms with Crippen molar-refractivity contribution < 1.29 is 0 Å². The summed E-state index contributed by atoms with van der Waals surface area (Å²) in [6, 6.07) is 7.99. The van der Waals surface area contributed by atoms with Crippen molar-refractivity contribution in [2.24, 2.45) is 11.7 Å². The average molecular weight is 227 g/mol. The Balaban J connectivity index is 2.70. The lowest BCUT2D eigenvalue weighted by Gasteiger charge is -2.19. The maximum Gasteiger partial charge on any atom is 0.0459 e. The van der Waals surface area contributed by atoms with E-state index in [1.54, 1.807) is 0 Å². The third kappa shape index (κ3) is 3.82. The zero-order chi connectivity index (χ0) is 11.3. The lowest BCUT2D eigenvalue weighted by molar-refractivity contribution is 0.479. The minimum absolute atomic E-state index is 0.154. The van der Waals surface area contributed by atoms with Crippen LogP contribution in [0.5, 0.6) is 0 Å². The van der Waals surface area contributed by atoms with Crippen LogP contribution in [0, 0.1) is 5.92 Å². The second-order valence-electron chi connectivity index (χ2n) is 4.11. The van der Waals surface area contributed by atoms with Gasteiger partial charge in [0, 0.05) is 17.6 Å². The predicted molar refractivity (Wildman–Crippen MR) is 66.1 cm³/mol. The third-order valence-corrected chi connectivity index (χ3v) is 2.63. The Labute approximate surface area is 96.8 Å². The van der Waals surface area contributed by atoms with E-state index >= 15 is 0 Å². The van der Waals surface area contributed by atoms with E-state index in [1.165, 1.54) is 0 Å². The van der Waals surface area contributed by atoms with Gasteiger partial charge in [-0.1, -0.05) is 43.6 Å². The fourth-order valence-electron chi connectivity index (χ4n) is 1.46. The SMILES string of the molecule is CC(C)CNC(CN)c1ccccc1Cl. The van der Waals surface area contributed by atoms with Gasteiger partial charge in [-0.2, -0.15) is 0 Å². The van der Waals surface area contributed by atoms with Crippen LogP contribution in [0.25, 0.3) is 0 Å². The summed E-state index contributed by atoms with van der Waals surface area (Å²) in [4.78, 5) is 0. The highest BCUT2D eigenvalue weighted by Gasteiger charge is 2.11. The molecule has 0 aliphatic carbocycles. The van der Waals surface area contributed by atoms with Gasteiger partial charge in [0.05, 0.1) is 0 Å². The van der Waals surface area contributed by atoms with E-state index in [1.807, 2.05) is 24.3 Å². The topological polar surface area (TPSA) is 38.0 Å². The van der Waals surface area contributed by atoms with Crippen molar-refractivity contribution in [2.45, 2.75) is 19.9 Å². The van der Waals surface area contributed by atoms with Gasteiger partial charge >= 0.3 is 0 Å². The van der Waals surface area contributed by atoms with E-state index in [9.17, 15) is 0 Å². The van der Waals surface area contributed by atoms with Gasteiger partial charge in [0.1, 0.15) is 0 Å². The monoisotopic (exact) mass is 226 g/mol. The van der Waals surface area contributed by atoms with Crippen LogP contribution in [0.2, 0.25) is 5.02 Å². The molecule has 0 radical (unpaired) electrons. The summed E-state index contributed by atoms with van der Waals surface area (Å²) in [5.41, 5.74) is 6.82. The molecule has 0 aliphatic heterocycles. The second kappa shape index (κ2) is 6.11. The van der Waals surface area contributed by atoms with E-state index in [0.29, 0.717) is 12.5 Å². The molecule has 0 aliphatic rings. The Hall–Kier alpha value is -0.570. The number of halogens is 1. The first-order valence-electron chi connectivity index (χ1n) is 5.33. The van der Waals surface area contributed by atoms with Gasteiger partial charge in [-0.05, 0) is 24.1 Å². The molecule has 1 aromatic carbocycles. The first-order valence-corrected chi connectivity index (χ1v) is 5.70. The van der Waals surface area contributed by atoms with Crippen LogP contribution >= 0.6 is 11.6 Å². The molecule has 0 fully saturated rings. The summed E-state index contributed by atoms with van der Waals surface area (Å²) in [5, 5.41) is 4.20. The van der Waals surface area contributed by atoms with E-state index in [4.69, 9.17) is 17.3 Å². The smallest absolute Gasteiger partial charge is 0.0459 e. The summed E-state index contributed by atoms with van der Waals surface area (Å²) >= 11 is 6.12. The van der Waals surface area contributed by atoms with Crippen LogP contribution < -0.4 is 11.1 Å². The molecule has 3 heteroatoms. The third-order valence-electron chi connectivity index (χ3n) is 2.29. The van der Waals surface area contributed by atoms with Gasteiger partial charge in [0.25, 0.3) is 0 Å². The summed E-state index contributed by atoms with van der Waals surface area (Å²) in [6.07, 6.45) is 0. The normalized spacial score (nSPS) is 13.1. The molecule has 84 valence electrons. The predicted octanol–water partition coefficient (Wildman–Crippen LogP) is 2.59. The molecule has 1 rings (SSSR count). The number of rotatable bonds is 5. The number of benzene rings is 1. The van der Waals surface area contributed by atoms with Gasteiger partial charge in [-0.15, -0.1) is 0 Å². The number of hydrogen-bond acceptors (Lipinski definition) is 2. The molecule has 0 amide bonds. The highest BCUT2D eigenvalue weighted by atomic mass is 35.5. The lowest BCUT2D eigenvalue weighted by atomic mass is 10.1. The molecule has 15 heavy (non-hydrogen) atoms. The molecule has 0 saturated heterocycles. The van der Waals surface area contributed by atoms with Crippen molar-refractivity contribution in [3.05, 3.63) is 34.9 Å². The molecule has 0 bridgehead atoms. The maximum atomic E-state index is 6.12. The minimum Gasteiger partial charge on any atom is -0.329 e. The summed E-state index contributed by atoms with van der Waals surface area (Å²) in [7, 11) is 0. The highest BCUT2D eigenvalue weighted by molar-refractivity contribution is 6.31. The van der Waals surface area contributed by atoms with E-state index in [2.05, 4.69) is 19.2 Å². The van der Waals surface area contributed by atoms with Crippen molar-refractivity contribution in [1.29, 1.82) is 0 Å².